The predicted octanol–water partition coefficient (Wildman–Crippen LogP) is 6.54. The summed E-state index contributed by atoms with van der Waals surface area (Å²) < 4.78 is 33.7. The van der Waals surface area contributed by atoms with E-state index < -0.39 is 20.0 Å². The van der Waals surface area contributed by atoms with Gasteiger partial charge in [-0.1, -0.05) is 115 Å². The molecular formula is C28H53N2O7PS. The van der Waals surface area contributed by atoms with Gasteiger partial charge in [0, 0.05) is 13.7 Å². The molecule has 0 saturated heterocycles. The number of phosphoric ester groups is 1. The molecule has 0 aromatic carbocycles. The second-order valence-corrected chi connectivity index (χ2v) is 12.2. The Bertz CT molecular complexity index is 740. The van der Waals surface area contributed by atoms with Crippen molar-refractivity contribution >= 4 is 25.3 Å². The summed E-state index contributed by atoms with van der Waals surface area (Å²) in [6.45, 7) is 2.77. The first-order valence-corrected chi connectivity index (χ1v) is 17.3. The summed E-state index contributed by atoms with van der Waals surface area (Å²) in [4.78, 5) is 23.8. The summed E-state index contributed by atoms with van der Waals surface area (Å²) in [6.07, 6.45) is 21.5. The van der Waals surface area contributed by atoms with Gasteiger partial charge in [-0.25, -0.2) is 4.79 Å². The lowest BCUT2D eigenvalue weighted by molar-refractivity contribution is -0.693. The minimum Gasteiger partial charge on any atom is -0.756 e. The average molecular weight is 593 g/mol. The van der Waals surface area contributed by atoms with Gasteiger partial charge in [0.1, 0.15) is 19.3 Å². The number of alkyl carbamates (subject to hydrolysis) is 1. The molecule has 0 saturated carbocycles. The van der Waals surface area contributed by atoms with E-state index in [1.807, 2.05) is 21.7 Å². The molecule has 1 aromatic rings. The highest BCUT2D eigenvalue weighted by atomic mass is 32.1. The molecule has 0 aliphatic rings. The molecule has 1 heterocycles. The number of unbranched alkanes of at least 4 members (excludes halogenated alkanes) is 15. The Morgan fingerprint density at radius 3 is 1.97 bits per heavy atom. The van der Waals surface area contributed by atoms with E-state index in [0.29, 0.717) is 13.1 Å². The van der Waals surface area contributed by atoms with Crippen molar-refractivity contribution < 1.29 is 37.3 Å². The molecule has 11 heteroatoms. The van der Waals surface area contributed by atoms with Gasteiger partial charge in [0.25, 0.3) is 7.82 Å². The Hall–Kier alpha value is -1.03. The van der Waals surface area contributed by atoms with Crippen LogP contribution in [0, 0.1) is 0 Å². The zero-order chi connectivity index (χ0) is 28.4. The molecule has 1 aromatic heterocycles. The van der Waals surface area contributed by atoms with E-state index in [2.05, 4.69) is 12.2 Å². The van der Waals surface area contributed by atoms with Gasteiger partial charge in [0.15, 0.2) is 12.7 Å². The third kappa shape index (κ3) is 22.4. The summed E-state index contributed by atoms with van der Waals surface area (Å²) in [6, 6.07) is 0. The summed E-state index contributed by atoms with van der Waals surface area (Å²) in [5.74, 6) is 0. The number of nitrogens with zero attached hydrogens (tertiary/aromatic N) is 1. The number of thiazole rings is 1. The van der Waals surface area contributed by atoms with Crippen molar-refractivity contribution in [2.45, 2.75) is 122 Å². The van der Waals surface area contributed by atoms with E-state index in [0.717, 1.165) is 12.8 Å². The lowest BCUT2D eigenvalue weighted by Crippen LogP contribution is -2.33. The topological polar surface area (TPSA) is 110 Å². The number of rotatable bonds is 27. The largest absolute Gasteiger partial charge is 0.756 e. The fourth-order valence-corrected chi connectivity index (χ4v) is 5.48. The Kier molecular flexibility index (Phi) is 22.8. The highest BCUT2D eigenvalue weighted by Gasteiger charge is 2.17. The molecule has 228 valence electrons. The predicted molar refractivity (Wildman–Crippen MR) is 154 cm³/mol. The fraction of sp³-hybridized carbons (Fsp3) is 0.857. The second kappa shape index (κ2) is 24.7. The molecule has 39 heavy (non-hydrogen) atoms. The highest BCUT2D eigenvalue weighted by Crippen LogP contribution is 2.38. The monoisotopic (exact) mass is 592 g/mol. The number of carbonyl (C=O) groups excluding carboxylic acids is 1. The van der Waals surface area contributed by atoms with Crippen molar-refractivity contribution in [1.29, 1.82) is 0 Å². The van der Waals surface area contributed by atoms with Crippen molar-refractivity contribution in [3.05, 3.63) is 17.1 Å². The fourth-order valence-electron chi connectivity index (χ4n) is 4.13. The number of methoxy groups -OCH3 is 1. The smallest absolute Gasteiger partial charge is 0.407 e. The molecule has 0 radical (unpaired) electrons. The minimum atomic E-state index is -4.47. The molecule has 2 atom stereocenters. The maximum atomic E-state index is 11.9. The summed E-state index contributed by atoms with van der Waals surface area (Å²) in [5, 5.41) is 4.61. The number of ether oxygens (including phenoxy) is 2. The average Bonchev–Trinajstić information content (AvgIpc) is 3.44. The first-order valence-electron chi connectivity index (χ1n) is 14.9. The number of aromatic nitrogens is 1. The zero-order valence-electron chi connectivity index (χ0n) is 24.3. The van der Waals surface area contributed by atoms with Crippen molar-refractivity contribution in [1.82, 2.24) is 5.32 Å². The van der Waals surface area contributed by atoms with Gasteiger partial charge in [-0.3, -0.25) is 4.57 Å². The van der Waals surface area contributed by atoms with E-state index in [1.165, 1.54) is 108 Å². The zero-order valence-corrected chi connectivity index (χ0v) is 26.0. The van der Waals surface area contributed by atoms with Gasteiger partial charge in [-0.2, -0.15) is 4.57 Å². The maximum absolute atomic E-state index is 11.9. The van der Waals surface area contributed by atoms with Crippen LogP contribution in [0.15, 0.2) is 17.1 Å². The van der Waals surface area contributed by atoms with E-state index in [9.17, 15) is 14.3 Å². The lowest BCUT2D eigenvalue weighted by atomic mass is 10.0. The minimum absolute atomic E-state index is 0.0297. The number of carbonyl (C=O) groups is 1. The number of hydrogen-bond acceptors (Lipinski definition) is 8. The van der Waals surface area contributed by atoms with Crippen molar-refractivity contribution in [2.75, 3.05) is 33.5 Å². The Labute approximate surface area is 240 Å². The number of amides is 1. The summed E-state index contributed by atoms with van der Waals surface area (Å²) in [5.41, 5.74) is 1.85. The highest BCUT2D eigenvalue weighted by molar-refractivity contribution is 7.45. The van der Waals surface area contributed by atoms with Crippen LogP contribution in [0.5, 0.6) is 0 Å². The molecule has 1 N–H and O–H groups in total. The second-order valence-electron chi connectivity index (χ2n) is 10.0. The van der Waals surface area contributed by atoms with Crippen LogP contribution in [-0.2, 0) is 29.6 Å². The maximum Gasteiger partial charge on any atom is 0.407 e. The number of phosphoric acid groups is 1. The van der Waals surface area contributed by atoms with Gasteiger partial charge in [-0.05, 0) is 6.42 Å². The SMILES string of the molecule is CCCCCCCCCCCCCCCCCCNC(=O)OC[C@H](COP(=O)([O-])OCC[n+]1ccsc1)OC. The van der Waals surface area contributed by atoms with E-state index in [-0.39, 0.29) is 19.8 Å². The van der Waals surface area contributed by atoms with Crippen LogP contribution in [0.1, 0.15) is 110 Å². The number of hydrogen-bond donors (Lipinski definition) is 1. The van der Waals surface area contributed by atoms with E-state index in [1.54, 1.807) is 0 Å². The van der Waals surface area contributed by atoms with Gasteiger partial charge in [0.05, 0.1) is 12.0 Å². The molecular weight excluding hydrogens is 539 g/mol. The molecule has 0 aliphatic carbocycles. The quantitative estimate of drug-likeness (QED) is 0.0702. The van der Waals surface area contributed by atoms with Crippen LogP contribution in [0.25, 0.3) is 0 Å². The molecule has 0 spiro atoms. The van der Waals surface area contributed by atoms with Crippen molar-refractivity contribution in [3.8, 4) is 0 Å². The van der Waals surface area contributed by atoms with Crippen LogP contribution < -0.4 is 14.8 Å². The molecule has 9 nitrogen and oxygen atoms in total. The van der Waals surface area contributed by atoms with Gasteiger partial charge in [-0.15, -0.1) is 0 Å². The molecule has 1 unspecified atom stereocenters. The van der Waals surface area contributed by atoms with Gasteiger partial charge >= 0.3 is 6.09 Å². The Morgan fingerprint density at radius 2 is 1.46 bits per heavy atom. The number of nitrogens with one attached hydrogen (secondary N) is 1. The van der Waals surface area contributed by atoms with Crippen LogP contribution in [0.4, 0.5) is 4.79 Å². The summed E-state index contributed by atoms with van der Waals surface area (Å²) >= 11 is 1.50. The standard InChI is InChI=1S/C28H53N2O7PS/c1-3-4-5-6-7-8-9-10-11-12-13-14-15-16-17-18-19-29-28(31)35-24-27(34-2)25-37-38(32,33)36-22-20-30-21-23-39-26-30/h21,23,26-27H,3-20,22,24-25H2,1-2H3,(H-,29,31,32,33)/t27-/m1/s1. The van der Waals surface area contributed by atoms with Gasteiger partial charge in [0.2, 0.25) is 5.51 Å². The third-order valence-electron chi connectivity index (χ3n) is 6.58. The van der Waals surface area contributed by atoms with E-state index >= 15 is 0 Å². The molecule has 1 amide bonds. The van der Waals surface area contributed by atoms with Crippen LogP contribution in [0.3, 0.4) is 0 Å². The van der Waals surface area contributed by atoms with Crippen molar-refractivity contribution in [2.24, 2.45) is 0 Å². The van der Waals surface area contributed by atoms with Crippen molar-refractivity contribution in [3.63, 3.8) is 0 Å². The molecule has 0 fully saturated rings. The van der Waals surface area contributed by atoms with Gasteiger partial charge < -0.3 is 28.7 Å². The summed E-state index contributed by atoms with van der Waals surface area (Å²) in [7, 11) is -3.07. The normalized spacial score (nSPS) is 13.7. The molecule has 1 rings (SSSR count). The third-order valence-corrected chi connectivity index (χ3v) is 8.21. The first-order chi connectivity index (χ1) is 19.0. The Morgan fingerprint density at radius 1 is 0.897 bits per heavy atom. The molecule has 0 aliphatic heterocycles. The van der Waals surface area contributed by atoms with Crippen LogP contribution in [0.2, 0.25) is 0 Å². The lowest BCUT2D eigenvalue weighted by Gasteiger charge is -2.24. The first kappa shape index (κ1) is 36.0. The van der Waals surface area contributed by atoms with Crippen LogP contribution in [-0.4, -0.2) is 45.7 Å². The van der Waals surface area contributed by atoms with Crippen LogP contribution >= 0.6 is 19.2 Å². The van der Waals surface area contributed by atoms with E-state index in [4.69, 9.17) is 18.5 Å². The molecule has 0 bridgehead atoms. The Balaban J connectivity index is 1.91.